The number of hydrogen-bond donors (Lipinski definition) is 1. The molecule has 1 aliphatic carbocycles. The Balaban J connectivity index is 1.72. The number of carbonyl (C=O) groups excluding carboxylic acids is 1. The van der Waals surface area contributed by atoms with Crippen molar-refractivity contribution in [2.24, 2.45) is 0 Å². The molecule has 2 unspecified atom stereocenters. The van der Waals surface area contributed by atoms with E-state index in [1.807, 2.05) is 18.2 Å². The third-order valence-corrected chi connectivity index (χ3v) is 5.80. The summed E-state index contributed by atoms with van der Waals surface area (Å²) in [7, 11) is -3.01. The van der Waals surface area contributed by atoms with Gasteiger partial charge in [-0.05, 0) is 44.2 Å². The molecule has 0 bridgehead atoms. The summed E-state index contributed by atoms with van der Waals surface area (Å²) in [5.74, 6) is 0.00934. The van der Waals surface area contributed by atoms with Gasteiger partial charge in [0.2, 0.25) is 5.91 Å². The molecule has 22 heavy (non-hydrogen) atoms. The summed E-state index contributed by atoms with van der Waals surface area (Å²) in [6.07, 6.45) is 8.02. The molecule has 1 amide bonds. The fraction of sp³-hybridized carbons (Fsp3) is 0.625. The van der Waals surface area contributed by atoms with Gasteiger partial charge < -0.3 is 5.32 Å². The Bertz CT molecular complexity index is 587. The van der Waals surface area contributed by atoms with Gasteiger partial charge in [-0.25, -0.2) is 8.42 Å². The number of hydrogen-bond acceptors (Lipinski definition) is 4. The van der Waals surface area contributed by atoms with Crippen LogP contribution in [0.25, 0.3) is 0 Å². The van der Waals surface area contributed by atoms with Crippen LogP contribution in [-0.4, -0.2) is 36.9 Å². The Labute approximate surface area is 132 Å². The van der Waals surface area contributed by atoms with E-state index in [4.69, 9.17) is 0 Å². The summed E-state index contributed by atoms with van der Waals surface area (Å²) in [5, 5.41) is 2.68. The molecule has 0 saturated heterocycles. The van der Waals surface area contributed by atoms with Crippen LogP contribution >= 0.6 is 0 Å². The van der Waals surface area contributed by atoms with E-state index in [0.29, 0.717) is 19.3 Å². The van der Waals surface area contributed by atoms with E-state index >= 15 is 0 Å². The minimum atomic E-state index is -3.01. The first-order chi connectivity index (χ1) is 10.4. The average Bonchev–Trinajstić information content (AvgIpc) is 2.48. The Morgan fingerprint density at radius 3 is 2.86 bits per heavy atom. The predicted molar refractivity (Wildman–Crippen MR) is 86.2 cm³/mol. The second kappa shape index (κ2) is 7.72. The Hall–Kier alpha value is -1.43. The lowest BCUT2D eigenvalue weighted by atomic mass is 9.95. The van der Waals surface area contributed by atoms with Gasteiger partial charge in [-0.3, -0.25) is 9.78 Å². The minimum absolute atomic E-state index is 0.00387. The standard InChI is InChI=1S/C16H24N2O3S/c1-22(20,21)15-9-4-8-14(12-15)18-16(19)10-5-7-13-6-2-3-11-17-13/h2-3,6,11,14-15H,4-5,7-10,12H2,1H3,(H,18,19). The van der Waals surface area contributed by atoms with Crippen molar-refractivity contribution in [2.75, 3.05) is 6.26 Å². The molecule has 2 rings (SSSR count). The molecule has 0 spiro atoms. The number of aryl methyl sites for hydroxylation is 1. The summed E-state index contributed by atoms with van der Waals surface area (Å²) >= 11 is 0. The van der Waals surface area contributed by atoms with Gasteiger partial charge in [-0.15, -0.1) is 0 Å². The number of pyridine rings is 1. The second-order valence-corrected chi connectivity index (χ2v) is 8.38. The van der Waals surface area contributed by atoms with Gasteiger partial charge in [0.1, 0.15) is 9.84 Å². The molecule has 1 fully saturated rings. The van der Waals surface area contributed by atoms with Gasteiger partial charge in [-0.1, -0.05) is 12.5 Å². The fourth-order valence-corrected chi connectivity index (χ4v) is 4.12. The number of nitrogens with zero attached hydrogens (tertiary/aromatic N) is 1. The molecule has 5 nitrogen and oxygen atoms in total. The normalized spacial score (nSPS) is 22.2. The fourth-order valence-electron chi connectivity index (χ4n) is 2.94. The molecule has 0 radical (unpaired) electrons. The maximum absolute atomic E-state index is 12.0. The zero-order valence-corrected chi connectivity index (χ0v) is 13.8. The van der Waals surface area contributed by atoms with Crippen molar-refractivity contribution in [1.29, 1.82) is 0 Å². The average molecular weight is 324 g/mol. The molecular weight excluding hydrogens is 300 g/mol. The molecule has 6 heteroatoms. The topological polar surface area (TPSA) is 76.1 Å². The van der Waals surface area contributed by atoms with Crippen molar-refractivity contribution in [3.8, 4) is 0 Å². The summed E-state index contributed by atoms with van der Waals surface area (Å²) in [6.45, 7) is 0. The smallest absolute Gasteiger partial charge is 0.220 e. The van der Waals surface area contributed by atoms with Crippen molar-refractivity contribution >= 4 is 15.7 Å². The van der Waals surface area contributed by atoms with Crippen molar-refractivity contribution in [2.45, 2.75) is 56.2 Å². The Morgan fingerprint density at radius 2 is 2.18 bits per heavy atom. The van der Waals surface area contributed by atoms with Crippen LogP contribution in [0.3, 0.4) is 0 Å². The summed E-state index contributed by atoms with van der Waals surface area (Å²) in [5.41, 5.74) is 0.991. The van der Waals surface area contributed by atoms with E-state index in [1.54, 1.807) is 6.20 Å². The van der Waals surface area contributed by atoms with Crippen LogP contribution in [0.2, 0.25) is 0 Å². The van der Waals surface area contributed by atoms with Crippen LogP contribution in [0.4, 0.5) is 0 Å². The van der Waals surface area contributed by atoms with E-state index in [9.17, 15) is 13.2 Å². The molecule has 1 saturated carbocycles. The first kappa shape index (κ1) is 16.9. The highest BCUT2D eigenvalue weighted by Gasteiger charge is 2.29. The molecule has 1 aromatic rings. The SMILES string of the molecule is CS(=O)(=O)C1CCCC(NC(=O)CCCc2ccccn2)C1. The Kier molecular flexibility index (Phi) is 5.94. The molecule has 1 aliphatic rings. The highest BCUT2D eigenvalue weighted by molar-refractivity contribution is 7.91. The first-order valence-corrected chi connectivity index (χ1v) is 9.79. The number of carbonyl (C=O) groups is 1. The maximum Gasteiger partial charge on any atom is 0.220 e. The van der Waals surface area contributed by atoms with Crippen LogP contribution < -0.4 is 5.32 Å². The molecule has 1 aromatic heterocycles. The quantitative estimate of drug-likeness (QED) is 0.867. The molecule has 1 heterocycles. The van der Waals surface area contributed by atoms with Gasteiger partial charge in [0.15, 0.2) is 0 Å². The lowest BCUT2D eigenvalue weighted by molar-refractivity contribution is -0.122. The van der Waals surface area contributed by atoms with Crippen LogP contribution in [0.5, 0.6) is 0 Å². The third kappa shape index (κ3) is 5.40. The molecular formula is C16H24N2O3S. The van der Waals surface area contributed by atoms with Crippen LogP contribution in [0.1, 0.15) is 44.2 Å². The van der Waals surface area contributed by atoms with Crippen molar-refractivity contribution in [3.05, 3.63) is 30.1 Å². The van der Waals surface area contributed by atoms with Gasteiger partial charge >= 0.3 is 0 Å². The highest BCUT2D eigenvalue weighted by atomic mass is 32.2. The van der Waals surface area contributed by atoms with E-state index < -0.39 is 9.84 Å². The lowest BCUT2D eigenvalue weighted by Crippen LogP contribution is -2.41. The van der Waals surface area contributed by atoms with E-state index in [1.165, 1.54) is 6.26 Å². The molecule has 0 aliphatic heterocycles. The number of aromatic nitrogens is 1. The minimum Gasteiger partial charge on any atom is -0.353 e. The number of amides is 1. The van der Waals surface area contributed by atoms with Crippen LogP contribution in [0, 0.1) is 0 Å². The Morgan fingerprint density at radius 1 is 1.36 bits per heavy atom. The van der Waals surface area contributed by atoms with E-state index in [0.717, 1.165) is 31.4 Å². The zero-order valence-electron chi connectivity index (χ0n) is 13.0. The van der Waals surface area contributed by atoms with Gasteiger partial charge in [-0.2, -0.15) is 0 Å². The van der Waals surface area contributed by atoms with Crippen molar-refractivity contribution < 1.29 is 13.2 Å². The number of sulfone groups is 1. The molecule has 0 aromatic carbocycles. The summed E-state index contributed by atoms with van der Waals surface area (Å²) in [4.78, 5) is 16.2. The van der Waals surface area contributed by atoms with E-state index in [-0.39, 0.29) is 17.2 Å². The largest absolute Gasteiger partial charge is 0.353 e. The first-order valence-electron chi connectivity index (χ1n) is 7.83. The predicted octanol–water partition coefficient (Wildman–Crippen LogP) is 1.88. The van der Waals surface area contributed by atoms with E-state index in [2.05, 4.69) is 10.3 Å². The number of rotatable bonds is 6. The second-order valence-electron chi connectivity index (χ2n) is 6.06. The molecule has 1 N–H and O–H groups in total. The molecule has 2 atom stereocenters. The van der Waals surface area contributed by atoms with Gasteiger partial charge in [0.05, 0.1) is 5.25 Å². The van der Waals surface area contributed by atoms with Gasteiger partial charge in [0.25, 0.3) is 0 Å². The lowest BCUT2D eigenvalue weighted by Gasteiger charge is -2.28. The number of nitrogens with one attached hydrogen (secondary N) is 1. The maximum atomic E-state index is 12.0. The van der Waals surface area contributed by atoms with Crippen molar-refractivity contribution in [3.63, 3.8) is 0 Å². The monoisotopic (exact) mass is 324 g/mol. The van der Waals surface area contributed by atoms with Crippen molar-refractivity contribution in [1.82, 2.24) is 10.3 Å². The van der Waals surface area contributed by atoms with Gasteiger partial charge in [0, 0.05) is 30.6 Å². The third-order valence-electron chi connectivity index (χ3n) is 4.16. The summed E-state index contributed by atoms with van der Waals surface area (Å²) < 4.78 is 23.3. The summed E-state index contributed by atoms with van der Waals surface area (Å²) in [6, 6.07) is 5.76. The van der Waals surface area contributed by atoms with Crippen LogP contribution in [-0.2, 0) is 21.1 Å². The highest BCUT2D eigenvalue weighted by Crippen LogP contribution is 2.23. The van der Waals surface area contributed by atoms with Crippen LogP contribution in [0.15, 0.2) is 24.4 Å². The zero-order chi connectivity index (χ0) is 16.0. The molecule has 122 valence electrons.